The lowest BCUT2D eigenvalue weighted by Crippen LogP contribution is -2.40. The maximum absolute atomic E-state index is 14.3. The number of carbonyl (C=O) groups is 2. The van der Waals surface area contributed by atoms with Gasteiger partial charge in [0.25, 0.3) is 0 Å². The van der Waals surface area contributed by atoms with E-state index in [4.69, 9.17) is 15.6 Å². The van der Waals surface area contributed by atoms with Crippen LogP contribution in [0.4, 0.5) is 10.2 Å². The molecule has 228 valence electrons. The fourth-order valence-electron chi connectivity index (χ4n) is 6.21. The van der Waals surface area contributed by atoms with E-state index in [1.165, 1.54) is 12.4 Å². The lowest BCUT2D eigenvalue weighted by atomic mass is 9.91. The number of nitrogens with two attached hydrogens (primary N) is 1. The van der Waals surface area contributed by atoms with E-state index in [0.717, 1.165) is 43.4 Å². The molecule has 5 heterocycles. The predicted octanol–water partition coefficient (Wildman–Crippen LogP) is 4.76. The number of hydrogen-bond acceptors (Lipinski definition) is 9. The molecule has 12 heteroatoms. The maximum atomic E-state index is 14.3. The number of ether oxygens (including phenoxy) is 1. The van der Waals surface area contributed by atoms with E-state index < -0.39 is 11.7 Å². The van der Waals surface area contributed by atoms with Gasteiger partial charge in [-0.05, 0) is 67.3 Å². The lowest BCUT2D eigenvalue weighted by molar-refractivity contribution is -0.134. The second kappa shape index (κ2) is 12.0. The second-order valence-electron chi connectivity index (χ2n) is 11.4. The second-order valence-corrected chi connectivity index (χ2v) is 11.4. The first-order valence-corrected chi connectivity index (χ1v) is 15.0. The maximum Gasteiger partial charge on any atom is 0.235 e. The molecule has 3 aromatic heterocycles. The zero-order valence-electron chi connectivity index (χ0n) is 24.4. The van der Waals surface area contributed by atoms with Gasteiger partial charge in [0, 0.05) is 31.6 Å². The first-order valence-electron chi connectivity index (χ1n) is 15.0. The minimum Gasteiger partial charge on any atom is -0.457 e. The van der Waals surface area contributed by atoms with Crippen LogP contribution in [0.25, 0.3) is 22.3 Å². The highest BCUT2D eigenvalue weighted by Gasteiger charge is 2.32. The van der Waals surface area contributed by atoms with Gasteiger partial charge in [0.1, 0.15) is 35.2 Å². The standard InChI is InChI=1S/C33H31FN8O3/c34-22-16-21(29(36-17-22)26-10-11-27(43)39-33(26)44)18-41-14-12-23(13-15-41)42-32-28(31(35)37-19-38-32)30(40-42)20-6-8-25(9-7-20)45-24-4-2-1-3-5-24/h1-9,16-17,19,23,26H,10-15,18H2,(H2,35,37,38)(H,39,43,44). The molecule has 2 saturated heterocycles. The SMILES string of the molecule is Nc1ncnc2c1c(-c1ccc(Oc3ccccc3)cc1)nn2C1CCN(Cc2cc(F)cnc2C2CCC(=O)NC2=O)CC1. The quantitative estimate of drug-likeness (QED) is 0.251. The minimum atomic E-state index is -0.575. The molecule has 5 aromatic rings. The number of amides is 2. The van der Waals surface area contributed by atoms with Crippen molar-refractivity contribution in [3.8, 4) is 22.8 Å². The Morgan fingerprint density at radius 3 is 2.47 bits per heavy atom. The number of pyridine rings is 1. The average molecular weight is 607 g/mol. The summed E-state index contributed by atoms with van der Waals surface area (Å²) < 4.78 is 22.2. The van der Waals surface area contributed by atoms with E-state index in [-0.39, 0.29) is 24.3 Å². The van der Waals surface area contributed by atoms with Gasteiger partial charge in [0.2, 0.25) is 11.8 Å². The van der Waals surface area contributed by atoms with Crippen LogP contribution < -0.4 is 15.8 Å². The molecule has 1 atom stereocenters. The van der Waals surface area contributed by atoms with Gasteiger partial charge in [0.15, 0.2) is 5.65 Å². The number of imide groups is 1. The number of nitrogens with one attached hydrogen (secondary N) is 1. The monoisotopic (exact) mass is 606 g/mol. The number of hydrogen-bond donors (Lipinski definition) is 2. The highest BCUT2D eigenvalue weighted by atomic mass is 19.1. The first kappa shape index (κ1) is 28.5. The molecule has 2 aromatic carbocycles. The Hall–Kier alpha value is -5.23. The van der Waals surface area contributed by atoms with Crippen LogP contribution in [0, 0.1) is 5.82 Å². The number of anilines is 1. The third-order valence-electron chi connectivity index (χ3n) is 8.46. The Morgan fingerprint density at radius 1 is 0.956 bits per heavy atom. The summed E-state index contributed by atoms with van der Waals surface area (Å²) in [6.07, 6.45) is 4.74. The van der Waals surface area contributed by atoms with E-state index in [2.05, 4.69) is 25.2 Å². The molecule has 2 aliphatic heterocycles. The summed E-state index contributed by atoms with van der Waals surface area (Å²) in [6.45, 7) is 1.89. The third kappa shape index (κ3) is 5.84. The van der Waals surface area contributed by atoms with Crippen LogP contribution in [-0.2, 0) is 16.1 Å². The number of para-hydroxylation sites is 1. The van der Waals surface area contributed by atoms with Gasteiger partial charge < -0.3 is 10.5 Å². The largest absolute Gasteiger partial charge is 0.457 e. The fourth-order valence-corrected chi connectivity index (χ4v) is 6.21. The molecular weight excluding hydrogens is 575 g/mol. The molecule has 3 N–H and O–H groups in total. The van der Waals surface area contributed by atoms with Gasteiger partial charge in [-0.3, -0.25) is 24.8 Å². The molecular formula is C33H31FN8O3. The Morgan fingerprint density at radius 2 is 1.71 bits per heavy atom. The first-order chi connectivity index (χ1) is 21.9. The van der Waals surface area contributed by atoms with Crippen LogP contribution in [0.2, 0.25) is 0 Å². The molecule has 0 bridgehead atoms. The summed E-state index contributed by atoms with van der Waals surface area (Å²) in [5, 5.41) is 8.10. The molecule has 1 unspecified atom stereocenters. The molecule has 11 nitrogen and oxygen atoms in total. The summed E-state index contributed by atoms with van der Waals surface area (Å²) in [5.41, 5.74) is 9.80. The zero-order valence-corrected chi connectivity index (χ0v) is 24.4. The summed E-state index contributed by atoms with van der Waals surface area (Å²) >= 11 is 0. The Bertz CT molecular complexity index is 1870. The average Bonchev–Trinajstić information content (AvgIpc) is 3.44. The summed E-state index contributed by atoms with van der Waals surface area (Å²) in [5.74, 6) is 0.119. The van der Waals surface area contributed by atoms with Crippen LogP contribution in [0.1, 0.15) is 48.9 Å². The van der Waals surface area contributed by atoms with E-state index in [0.29, 0.717) is 52.5 Å². The molecule has 2 aliphatic rings. The summed E-state index contributed by atoms with van der Waals surface area (Å²) in [7, 11) is 0. The van der Waals surface area contributed by atoms with Crippen molar-refractivity contribution < 1.29 is 18.7 Å². The summed E-state index contributed by atoms with van der Waals surface area (Å²) in [6, 6.07) is 18.8. The summed E-state index contributed by atoms with van der Waals surface area (Å²) in [4.78, 5) is 39.5. The number of nitrogen functional groups attached to an aromatic ring is 1. The normalized spacial score (nSPS) is 17.8. The van der Waals surface area contributed by atoms with E-state index in [1.807, 2.05) is 59.3 Å². The van der Waals surface area contributed by atoms with Crippen LogP contribution in [-0.4, -0.2) is 54.5 Å². The highest BCUT2D eigenvalue weighted by Crippen LogP contribution is 2.36. The highest BCUT2D eigenvalue weighted by molar-refractivity contribution is 6.01. The van der Waals surface area contributed by atoms with E-state index >= 15 is 0 Å². The van der Waals surface area contributed by atoms with Crippen molar-refractivity contribution in [3.63, 3.8) is 0 Å². The predicted molar refractivity (Wildman–Crippen MR) is 165 cm³/mol. The van der Waals surface area contributed by atoms with Crippen molar-refractivity contribution in [1.29, 1.82) is 0 Å². The van der Waals surface area contributed by atoms with Crippen molar-refractivity contribution in [2.75, 3.05) is 18.8 Å². The molecule has 0 saturated carbocycles. The number of nitrogens with zero attached hydrogens (tertiary/aromatic N) is 6. The van der Waals surface area contributed by atoms with Crippen LogP contribution in [0.3, 0.4) is 0 Å². The molecule has 0 spiro atoms. The van der Waals surface area contributed by atoms with Gasteiger partial charge in [-0.25, -0.2) is 19.0 Å². The van der Waals surface area contributed by atoms with Crippen molar-refractivity contribution in [2.24, 2.45) is 0 Å². The number of fused-ring (bicyclic) bond motifs is 1. The fraction of sp³-hybridized carbons (Fsp3) is 0.273. The number of aromatic nitrogens is 5. The van der Waals surface area contributed by atoms with Gasteiger partial charge in [-0.2, -0.15) is 5.10 Å². The van der Waals surface area contributed by atoms with Crippen molar-refractivity contribution in [2.45, 2.75) is 44.2 Å². The Kier molecular flexibility index (Phi) is 7.64. The smallest absolute Gasteiger partial charge is 0.235 e. The number of benzene rings is 2. The Balaban J connectivity index is 1.09. The number of piperidine rings is 2. The third-order valence-corrected chi connectivity index (χ3v) is 8.46. The minimum absolute atomic E-state index is 0.0627. The molecule has 0 radical (unpaired) electrons. The van der Waals surface area contributed by atoms with Crippen LogP contribution in [0.15, 0.2) is 73.2 Å². The van der Waals surface area contributed by atoms with Gasteiger partial charge in [-0.1, -0.05) is 18.2 Å². The van der Waals surface area contributed by atoms with Crippen LogP contribution in [0.5, 0.6) is 11.5 Å². The van der Waals surface area contributed by atoms with E-state index in [1.54, 1.807) is 0 Å². The van der Waals surface area contributed by atoms with Gasteiger partial charge >= 0.3 is 0 Å². The number of halogens is 1. The van der Waals surface area contributed by atoms with E-state index in [9.17, 15) is 14.0 Å². The van der Waals surface area contributed by atoms with Crippen LogP contribution >= 0.6 is 0 Å². The van der Waals surface area contributed by atoms with Crippen molar-refractivity contribution in [3.05, 3.63) is 90.3 Å². The molecule has 0 aliphatic carbocycles. The van der Waals surface area contributed by atoms with Crippen molar-refractivity contribution in [1.82, 2.24) is 34.9 Å². The van der Waals surface area contributed by atoms with Gasteiger partial charge in [0.05, 0.1) is 29.2 Å². The molecule has 7 rings (SSSR count). The topological polar surface area (TPSA) is 141 Å². The number of carbonyl (C=O) groups excluding carboxylic acids is 2. The molecule has 45 heavy (non-hydrogen) atoms. The van der Waals surface area contributed by atoms with Crippen molar-refractivity contribution >= 4 is 28.7 Å². The lowest BCUT2D eigenvalue weighted by Gasteiger charge is -2.33. The number of rotatable bonds is 7. The number of likely N-dealkylation sites (tertiary alicyclic amines) is 1. The zero-order chi connectivity index (χ0) is 30.9. The molecule has 2 amide bonds. The Labute approximate surface area is 258 Å². The van der Waals surface area contributed by atoms with Gasteiger partial charge in [-0.15, -0.1) is 0 Å². The molecule has 2 fully saturated rings.